The van der Waals surface area contributed by atoms with E-state index in [1.165, 1.54) is 0 Å². The maximum atomic E-state index is 13.0. The second-order valence-electron chi connectivity index (χ2n) is 6.09. The lowest BCUT2D eigenvalue weighted by Crippen LogP contribution is -2.28. The van der Waals surface area contributed by atoms with Crippen molar-refractivity contribution >= 4 is 66.2 Å². The highest BCUT2D eigenvalue weighted by molar-refractivity contribution is 9.11. The normalized spacial score (nSPS) is 21.7. The third kappa shape index (κ3) is 4.27. The van der Waals surface area contributed by atoms with Crippen molar-refractivity contribution in [2.75, 3.05) is 18.0 Å². The van der Waals surface area contributed by atoms with E-state index >= 15 is 0 Å². The number of hydrogen-bond acceptors (Lipinski definition) is 5. The molecule has 2 aliphatic rings. The van der Waals surface area contributed by atoms with Crippen LogP contribution in [0, 0.1) is 11.8 Å². The average molecular weight is 568 g/mol. The first-order valence-electron chi connectivity index (χ1n) is 7.79. The molecule has 0 spiro atoms. The summed E-state index contributed by atoms with van der Waals surface area (Å²) in [6.07, 6.45) is 1.46. The molecule has 10 heteroatoms. The standard InChI is InChI=1S/C11H9BrF2N2O.C6H3Br2NO/c12-10-6(5-17)1-2-9(15-10)16-3-7-8(4-16)11(7,13)14;7-5-2-1-4(3-10)6(8)9-5/h1-2,5,7-8H,3-4H2;1-3H. The van der Waals surface area contributed by atoms with Crippen molar-refractivity contribution in [3.8, 4) is 0 Å². The Bertz CT molecular complexity index is 884. The summed E-state index contributed by atoms with van der Waals surface area (Å²) in [6.45, 7) is 0.690. The van der Waals surface area contributed by atoms with Gasteiger partial charge in [-0.2, -0.15) is 0 Å². The Kier molecular flexibility index (Phi) is 6.07. The number of halogens is 5. The van der Waals surface area contributed by atoms with Gasteiger partial charge in [0, 0.05) is 24.2 Å². The minimum atomic E-state index is -2.48. The largest absolute Gasteiger partial charge is 0.356 e. The van der Waals surface area contributed by atoms with Crippen LogP contribution in [-0.4, -0.2) is 41.6 Å². The Morgan fingerprint density at radius 1 is 0.926 bits per heavy atom. The molecular weight excluding hydrogens is 556 g/mol. The van der Waals surface area contributed by atoms with E-state index in [1.54, 1.807) is 24.3 Å². The van der Waals surface area contributed by atoms with Gasteiger partial charge in [-0.3, -0.25) is 9.59 Å². The van der Waals surface area contributed by atoms with Gasteiger partial charge in [-0.15, -0.1) is 0 Å². The maximum absolute atomic E-state index is 13.0. The fourth-order valence-corrected chi connectivity index (χ4v) is 4.28. The van der Waals surface area contributed by atoms with Crippen molar-refractivity contribution in [3.05, 3.63) is 49.2 Å². The number of piperidine rings is 1. The van der Waals surface area contributed by atoms with Gasteiger partial charge in [0.25, 0.3) is 5.92 Å². The monoisotopic (exact) mass is 565 g/mol. The van der Waals surface area contributed by atoms with Crippen LogP contribution in [0.15, 0.2) is 38.1 Å². The third-order valence-corrected chi connectivity index (χ3v) is 6.20. The molecule has 0 radical (unpaired) electrons. The Labute approximate surface area is 178 Å². The minimum absolute atomic E-state index is 0.345. The molecule has 2 fully saturated rings. The third-order valence-electron chi connectivity index (χ3n) is 4.48. The van der Waals surface area contributed by atoms with E-state index in [9.17, 15) is 18.4 Å². The molecule has 0 amide bonds. The van der Waals surface area contributed by atoms with Gasteiger partial charge < -0.3 is 4.90 Å². The number of rotatable bonds is 3. The molecule has 5 nitrogen and oxygen atoms in total. The van der Waals surface area contributed by atoms with Gasteiger partial charge in [0.05, 0.1) is 11.8 Å². The molecule has 3 heterocycles. The zero-order valence-electron chi connectivity index (χ0n) is 13.6. The van der Waals surface area contributed by atoms with E-state index in [1.807, 2.05) is 4.90 Å². The van der Waals surface area contributed by atoms with Crippen LogP contribution in [0.1, 0.15) is 20.7 Å². The number of pyridine rings is 2. The second kappa shape index (κ2) is 8.00. The van der Waals surface area contributed by atoms with Crippen LogP contribution in [0.4, 0.5) is 14.6 Å². The van der Waals surface area contributed by atoms with Gasteiger partial charge in [0.1, 0.15) is 19.6 Å². The van der Waals surface area contributed by atoms with Crippen molar-refractivity contribution in [2.45, 2.75) is 5.92 Å². The quantitative estimate of drug-likeness (QED) is 0.395. The lowest BCUT2D eigenvalue weighted by atomic mass is 10.3. The molecular formula is C17H12Br3F2N3O2. The van der Waals surface area contributed by atoms with Crippen LogP contribution in [0.25, 0.3) is 0 Å². The molecule has 1 aliphatic heterocycles. The molecule has 142 valence electrons. The topological polar surface area (TPSA) is 63.2 Å². The molecule has 27 heavy (non-hydrogen) atoms. The molecule has 2 aromatic heterocycles. The average Bonchev–Trinajstić information content (AvgIpc) is 2.99. The Hall–Kier alpha value is -1.26. The predicted molar refractivity (Wildman–Crippen MR) is 106 cm³/mol. The van der Waals surface area contributed by atoms with Crippen LogP contribution < -0.4 is 4.90 Å². The molecule has 1 saturated heterocycles. The van der Waals surface area contributed by atoms with E-state index in [4.69, 9.17) is 0 Å². The Morgan fingerprint density at radius 3 is 1.93 bits per heavy atom. The van der Waals surface area contributed by atoms with Crippen LogP contribution in [0.2, 0.25) is 0 Å². The summed E-state index contributed by atoms with van der Waals surface area (Å²) in [4.78, 5) is 30.9. The summed E-state index contributed by atoms with van der Waals surface area (Å²) in [7, 11) is 0. The highest BCUT2D eigenvalue weighted by Gasteiger charge is 2.71. The van der Waals surface area contributed by atoms with Gasteiger partial charge in [0.2, 0.25) is 0 Å². The number of alkyl halides is 2. The van der Waals surface area contributed by atoms with Crippen molar-refractivity contribution in [1.29, 1.82) is 0 Å². The van der Waals surface area contributed by atoms with Crippen molar-refractivity contribution in [2.24, 2.45) is 11.8 Å². The highest BCUT2D eigenvalue weighted by atomic mass is 79.9. The second-order valence-corrected chi connectivity index (χ2v) is 8.41. The molecule has 0 aromatic carbocycles. The van der Waals surface area contributed by atoms with Crippen molar-refractivity contribution in [3.63, 3.8) is 0 Å². The maximum Gasteiger partial charge on any atom is 0.258 e. The van der Waals surface area contributed by atoms with Crippen LogP contribution in [-0.2, 0) is 0 Å². The SMILES string of the molecule is O=Cc1ccc(Br)nc1Br.O=Cc1ccc(N2CC3C(C2)C3(F)F)nc1Br. The van der Waals surface area contributed by atoms with Crippen LogP contribution in [0.5, 0.6) is 0 Å². The number of aldehydes is 2. The number of aromatic nitrogens is 2. The molecule has 4 rings (SSSR count). The van der Waals surface area contributed by atoms with Crippen LogP contribution >= 0.6 is 47.8 Å². The number of anilines is 1. The minimum Gasteiger partial charge on any atom is -0.356 e. The van der Waals surface area contributed by atoms with E-state index in [-0.39, 0.29) is 0 Å². The summed E-state index contributed by atoms with van der Waals surface area (Å²) in [6, 6.07) is 6.74. The lowest BCUT2D eigenvalue weighted by molar-refractivity contribution is 0.0797. The molecule has 2 atom stereocenters. The highest BCUT2D eigenvalue weighted by Crippen LogP contribution is 2.59. The number of hydrogen-bond donors (Lipinski definition) is 0. The predicted octanol–water partition coefficient (Wildman–Crippen LogP) is 4.78. The van der Waals surface area contributed by atoms with Crippen molar-refractivity contribution < 1.29 is 18.4 Å². The fraction of sp³-hybridized carbons (Fsp3) is 0.294. The number of fused-ring (bicyclic) bond motifs is 1. The number of nitrogens with zero attached hydrogens (tertiary/aromatic N) is 3. The molecule has 0 N–H and O–H groups in total. The summed E-state index contributed by atoms with van der Waals surface area (Å²) < 4.78 is 27.8. The van der Waals surface area contributed by atoms with E-state index in [0.29, 0.717) is 50.1 Å². The zero-order valence-corrected chi connectivity index (χ0v) is 18.3. The first-order valence-corrected chi connectivity index (χ1v) is 10.2. The first-order chi connectivity index (χ1) is 12.8. The fourth-order valence-electron chi connectivity index (χ4n) is 2.91. The molecule has 0 bridgehead atoms. The summed E-state index contributed by atoms with van der Waals surface area (Å²) in [5.41, 5.74) is 1.02. The zero-order chi connectivity index (χ0) is 19.8. The molecule has 1 saturated carbocycles. The van der Waals surface area contributed by atoms with Gasteiger partial charge in [-0.1, -0.05) is 0 Å². The van der Waals surface area contributed by atoms with Gasteiger partial charge in [0.15, 0.2) is 12.6 Å². The first kappa shape index (κ1) is 20.5. The van der Waals surface area contributed by atoms with E-state index < -0.39 is 17.8 Å². The van der Waals surface area contributed by atoms with E-state index in [2.05, 4.69) is 57.8 Å². The molecule has 2 aromatic rings. The van der Waals surface area contributed by atoms with Crippen LogP contribution in [0.3, 0.4) is 0 Å². The van der Waals surface area contributed by atoms with Gasteiger partial charge >= 0.3 is 0 Å². The molecule has 1 aliphatic carbocycles. The summed E-state index contributed by atoms with van der Waals surface area (Å²) in [5, 5.41) is 0. The molecule has 2 unspecified atom stereocenters. The van der Waals surface area contributed by atoms with Gasteiger partial charge in [-0.05, 0) is 72.1 Å². The lowest BCUT2D eigenvalue weighted by Gasteiger charge is -2.21. The van der Waals surface area contributed by atoms with Crippen molar-refractivity contribution in [1.82, 2.24) is 9.97 Å². The Morgan fingerprint density at radius 2 is 1.44 bits per heavy atom. The summed E-state index contributed by atoms with van der Waals surface area (Å²) in [5.74, 6) is -2.87. The number of carbonyl (C=O) groups is 2. The smallest absolute Gasteiger partial charge is 0.258 e. The van der Waals surface area contributed by atoms with Gasteiger partial charge in [-0.25, -0.2) is 18.7 Å². The number of carbonyl (C=O) groups excluding carboxylic acids is 2. The summed E-state index contributed by atoms with van der Waals surface area (Å²) >= 11 is 9.49. The Balaban J connectivity index is 0.000000180. The van der Waals surface area contributed by atoms with E-state index in [0.717, 1.165) is 6.29 Å².